The summed E-state index contributed by atoms with van der Waals surface area (Å²) in [6.45, 7) is 4.08. The molecule has 0 radical (unpaired) electrons. The number of methoxy groups -OCH3 is 2. The molecular formula is C11H22N2O3. The monoisotopic (exact) mass is 230 g/mol. The van der Waals surface area contributed by atoms with Gasteiger partial charge in [0.25, 0.3) is 0 Å². The first-order valence-electron chi connectivity index (χ1n) is 5.75. The molecule has 5 nitrogen and oxygen atoms in total. The van der Waals surface area contributed by atoms with E-state index in [-0.39, 0.29) is 18.2 Å². The van der Waals surface area contributed by atoms with Crippen molar-refractivity contribution in [1.82, 2.24) is 10.2 Å². The van der Waals surface area contributed by atoms with Gasteiger partial charge in [0.2, 0.25) is 5.91 Å². The molecule has 0 saturated carbocycles. The van der Waals surface area contributed by atoms with Crippen LogP contribution < -0.4 is 5.32 Å². The summed E-state index contributed by atoms with van der Waals surface area (Å²) in [7, 11) is 3.18. The number of likely N-dealkylation sites (tertiary alicyclic amines) is 1. The molecule has 1 unspecified atom stereocenters. The number of amides is 1. The third-order valence-corrected chi connectivity index (χ3v) is 2.91. The molecule has 0 aromatic heterocycles. The maximum Gasteiger partial charge on any atom is 0.236 e. The zero-order valence-electron chi connectivity index (χ0n) is 10.4. The minimum absolute atomic E-state index is 0.00144. The van der Waals surface area contributed by atoms with Gasteiger partial charge in [-0.05, 0) is 19.8 Å². The predicted molar refractivity (Wildman–Crippen MR) is 61.1 cm³/mol. The van der Waals surface area contributed by atoms with Gasteiger partial charge in [-0.1, -0.05) is 0 Å². The second-order valence-corrected chi connectivity index (χ2v) is 4.10. The van der Waals surface area contributed by atoms with E-state index < -0.39 is 0 Å². The SMILES string of the molecule is COC(OC)C(C)NCC(=O)N1CCCC1. The molecule has 1 fully saturated rings. The molecule has 0 aromatic carbocycles. The lowest BCUT2D eigenvalue weighted by molar-refractivity contribution is -0.132. The van der Waals surface area contributed by atoms with Crippen molar-refractivity contribution in [2.45, 2.75) is 32.1 Å². The molecule has 5 heteroatoms. The lowest BCUT2D eigenvalue weighted by Crippen LogP contribution is -2.45. The van der Waals surface area contributed by atoms with Crippen LogP contribution in [0.15, 0.2) is 0 Å². The first kappa shape index (κ1) is 13.4. The summed E-state index contributed by atoms with van der Waals surface area (Å²) in [5.41, 5.74) is 0. The molecule has 1 aliphatic rings. The van der Waals surface area contributed by atoms with Crippen LogP contribution in [0.25, 0.3) is 0 Å². The molecular weight excluding hydrogens is 208 g/mol. The van der Waals surface area contributed by atoms with Gasteiger partial charge in [-0.15, -0.1) is 0 Å². The van der Waals surface area contributed by atoms with Crippen LogP contribution in [-0.2, 0) is 14.3 Å². The molecule has 1 N–H and O–H groups in total. The largest absolute Gasteiger partial charge is 0.354 e. The van der Waals surface area contributed by atoms with Crippen molar-refractivity contribution in [3.63, 3.8) is 0 Å². The maximum atomic E-state index is 11.7. The van der Waals surface area contributed by atoms with E-state index in [4.69, 9.17) is 9.47 Å². The molecule has 16 heavy (non-hydrogen) atoms. The van der Waals surface area contributed by atoms with Crippen molar-refractivity contribution in [3.8, 4) is 0 Å². The van der Waals surface area contributed by atoms with Gasteiger partial charge in [-0.25, -0.2) is 0 Å². The highest BCUT2D eigenvalue weighted by Gasteiger charge is 2.20. The molecule has 1 atom stereocenters. The standard InChI is InChI=1S/C11H22N2O3/c1-9(11(15-2)16-3)12-8-10(14)13-6-4-5-7-13/h9,11-12H,4-8H2,1-3H3. The van der Waals surface area contributed by atoms with E-state index in [0.29, 0.717) is 6.54 Å². The highest BCUT2D eigenvalue weighted by atomic mass is 16.7. The fourth-order valence-electron chi connectivity index (χ4n) is 1.93. The molecule has 1 aliphatic heterocycles. The highest BCUT2D eigenvalue weighted by molar-refractivity contribution is 5.78. The second-order valence-electron chi connectivity index (χ2n) is 4.10. The lowest BCUT2D eigenvalue weighted by atomic mass is 10.3. The summed E-state index contributed by atoms with van der Waals surface area (Å²) in [5.74, 6) is 0.162. The molecule has 0 spiro atoms. The summed E-state index contributed by atoms with van der Waals surface area (Å²) in [6, 6.07) is 0.00144. The molecule has 94 valence electrons. The molecule has 0 aromatic rings. The molecule has 1 saturated heterocycles. The Balaban J connectivity index is 2.24. The van der Waals surface area contributed by atoms with Crippen molar-refractivity contribution in [1.29, 1.82) is 0 Å². The first-order chi connectivity index (χ1) is 7.69. The number of hydrogen-bond donors (Lipinski definition) is 1. The van der Waals surface area contributed by atoms with Gasteiger partial charge < -0.3 is 19.7 Å². The number of nitrogens with one attached hydrogen (secondary N) is 1. The van der Waals surface area contributed by atoms with Gasteiger partial charge in [0.05, 0.1) is 12.6 Å². The van der Waals surface area contributed by atoms with Gasteiger partial charge in [-0.2, -0.15) is 0 Å². The summed E-state index contributed by atoms with van der Waals surface area (Å²) in [5, 5.41) is 3.12. The van der Waals surface area contributed by atoms with E-state index in [1.807, 2.05) is 11.8 Å². The Hall–Kier alpha value is -0.650. The van der Waals surface area contributed by atoms with Crippen LogP contribution in [0.4, 0.5) is 0 Å². The van der Waals surface area contributed by atoms with Gasteiger partial charge in [-0.3, -0.25) is 4.79 Å². The van der Waals surface area contributed by atoms with Crippen molar-refractivity contribution >= 4 is 5.91 Å². The normalized spacial score (nSPS) is 18.1. The number of rotatable bonds is 6. The number of ether oxygens (including phenoxy) is 2. The fourth-order valence-corrected chi connectivity index (χ4v) is 1.93. The van der Waals surface area contributed by atoms with Gasteiger partial charge in [0.15, 0.2) is 6.29 Å². The Labute approximate surface area is 97.1 Å². The van der Waals surface area contributed by atoms with E-state index in [2.05, 4.69) is 5.32 Å². The minimum atomic E-state index is -0.314. The third-order valence-electron chi connectivity index (χ3n) is 2.91. The Morgan fingerprint density at radius 1 is 1.31 bits per heavy atom. The number of hydrogen-bond acceptors (Lipinski definition) is 4. The van der Waals surface area contributed by atoms with E-state index in [9.17, 15) is 4.79 Å². The lowest BCUT2D eigenvalue weighted by Gasteiger charge is -2.23. The highest BCUT2D eigenvalue weighted by Crippen LogP contribution is 2.07. The van der Waals surface area contributed by atoms with Crippen LogP contribution in [0, 0.1) is 0 Å². The van der Waals surface area contributed by atoms with Gasteiger partial charge >= 0.3 is 0 Å². The zero-order valence-corrected chi connectivity index (χ0v) is 10.4. The molecule has 1 rings (SSSR count). The maximum absolute atomic E-state index is 11.7. The van der Waals surface area contributed by atoms with Crippen molar-refractivity contribution in [2.24, 2.45) is 0 Å². The first-order valence-corrected chi connectivity index (χ1v) is 5.75. The van der Waals surface area contributed by atoms with Crippen molar-refractivity contribution in [3.05, 3.63) is 0 Å². The number of nitrogens with zero attached hydrogens (tertiary/aromatic N) is 1. The second kappa shape index (κ2) is 6.83. The van der Waals surface area contributed by atoms with E-state index in [1.54, 1.807) is 14.2 Å². The van der Waals surface area contributed by atoms with Gasteiger partial charge in [0, 0.05) is 27.3 Å². The summed E-state index contributed by atoms with van der Waals surface area (Å²) >= 11 is 0. The van der Waals surface area contributed by atoms with Crippen LogP contribution in [-0.4, -0.2) is 57.0 Å². The van der Waals surface area contributed by atoms with Crippen LogP contribution >= 0.6 is 0 Å². The van der Waals surface area contributed by atoms with Crippen LogP contribution in [0.1, 0.15) is 19.8 Å². The van der Waals surface area contributed by atoms with Crippen molar-refractivity contribution in [2.75, 3.05) is 33.9 Å². The Morgan fingerprint density at radius 2 is 1.88 bits per heavy atom. The number of carbonyl (C=O) groups excluding carboxylic acids is 1. The summed E-state index contributed by atoms with van der Waals surface area (Å²) in [4.78, 5) is 13.6. The van der Waals surface area contributed by atoms with E-state index in [1.165, 1.54) is 0 Å². The average molecular weight is 230 g/mol. The Morgan fingerprint density at radius 3 is 2.38 bits per heavy atom. The minimum Gasteiger partial charge on any atom is -0.354 e. The Bertz CT molecular complexity index is 213. The molecule has 0 aliphatic carbocycles. The smallest absolute Gasteiger partial charge is 0.236 e. The van der Waals surface area contributed by atoms with E-state index in [0.717, 1.165) is 25.9 Å². The van der Waals surface area contributed by atoms with Crippen molar-refractivity contribution < 1.29 is 14.3 Å². The van der Waals surface area contributed by atoms with Gasteiger partial charge in [0.1, 0.15) is 0 Å². The van der Waals surface area contributed by atoms with E-state index >= 15 is 0 Å². The quantitative estimate of drug-likeness (QED) is 0.663. The molecule has 0 bridgehead atoms. The Kier molecular flexibility index (Phi) is 5.73. The third kappa shape index (κ3) is 3.73. The topological polar surface area (TPSA) is 50.8 Å². The summed E-state index contributed by atoms with van der Waals surface area (Å²) < 4.78 is 10.2. The van der Waals surface area contributed by atoms with Crippen LogP contribution in [0.5, 0.6) is 0 Å². The molecule has 1 heterocycles. The zero-order chi connectivity index (χ0) is 12.0. The average Bonchev–Trinajstić information content (AvgIpc) is 2.81. The van der Waals surface area contributed by atoms with Crippen LogP contribution in [0.3, 0.4) is 0 Å². The fraction of sp³-hybridized carbons (Fsp3) is 0.909. The summed E-state index contributed by atoms with van der Waals surface area (Å²) in [6.07, 6.45) is 1.94. The van der Waals surface area contributed by atoms with Crippen LogP contribution in [0.2, 0.25) is 0 Å². The predicted octanol–water partition coefficient (Wildman–Crippen LogP) is 0.206. The molecule has 1 amide bonds. The number of carbonyl (C=O) groups is 1.